The van der Waals surface area contributed by atoms with Gasteiger partial charge in [0.2, 0.25) is 0 Å². The van der Waals surface area contributed by atoms with Crippen LogP contribution in [0.5, 0.6) is 0 Å². The number of ether oxygens (including phenoxy) is 1. The van der Waals surface area contributed by atoms with Gasteiger partial charge in [-0.05, 0) is 55.4 Å². The number of benzene rings is 2. The lowest BCUT2D eigenvalue weighted by atomic mass is 10.2. The lowest BCUT2D eigenvalue weighted by Crippen LogP contribution is -2.38. The van der Waals surface area contributed by atoms with E-state index in [0.717, 1.165) is 38.2 Å². The van der Waals surface area contributed by atoms with Crippen LogP contribution in [0.15, 0.2) is 48.8 Å². The van der Waals surface area contributed by atoms with Crippen molar-refractivity contribution in [2.45, 2.75) is 6.42 Å². The first-order chi connectivity index (χ1) is 17.8. The molecule has 0 atom stereocenters. The quantitative estimate of drug-likeness (QED) is 0.366. The van der Waals surface area contributed by atoms with Gasteiger partial charge in [0, 0.05) is 31.0 Å². The largest absolute Gasteiger partial charge is 0.379 e. The number of aromatic nitrogens is 2. The number of nitrogens with zero attached hydrogens (tertiary/aromatic N) is 3. The molecular weight excluding hydrogens is 503 g/mol. The highest BCUT2D eigenvalue weighted by molar-refractivity contribution is 6.34. The van der Waals surface area contributed by atoms with Crippen molar-refractivity contribution >= 4 is 35.0 Å². The van der Waals surface area contributed by atoms with Crippen LogP contribution in [-0.2, 0) is 4.74 Å². The molecule has 1 aliphatic rings. The van der Waals surface area contributed by atoms with Crippen LogP contribution in [0.2, 0.25) is 5.02 Å². The number of nitrogens with two attached hydrogens (primary N) is 1. The SMILES string of the molecule is NC(=O)c1ncn(-c2ccc(NC(=O)c3ccc(F)cc3Cl)cc2)c1C(=O)NCCCN1CCOCC1. The molecule has 0 bridgehead atoms. The van der Waals surface area contributed by atoms with Crippen LogP contribution in [0.1, 0.15) is 37.8 Å². The molecule has 1 aromatic heterocycles. The zero-order valence-electron chi connectivity index (χ0n) is 19.9. The number of carbonyl (C=O) groups is 3. The van der Waals surface area contributed by atoms with E-state index in [-0.39, 0.29) is 22.0 Å². The molecule has 10 nitrogen and oxygen atoms in total. The van der Waals surface area contributed by atoms with E-state index >= 15 is 0 Å². The number of rotatable bonds is 9. The van der Waals surface area contributed by atoms with Gasteiger partial charge in [-0.1, -0.05) is 11.6 Å². The smallest absolute Gasteiger partial charge is 0.270 e. The van der Waals surface area contributed by atoms with Gasteiger partial charge in [0.05, 0.1) is 23.8 Å². The Kier molecular flexibility index (Phi) is 8.49. The van der Waals surface area contributed by atoms with E-state index in [2.05, 4.69) is 20.5 Å². The Labute approximate surface area is 217 Å². The molecule has 0 saturated carbocycles. The molecule has 0 aliphatic carbocycles. The van der Waals surface area contributed by atoms with Crippen molar-refractivity contribution < 1.29 is 23.5 Å². The van der Waals surface area contributed by atoms with Gasteiger partial charge in [-0.2, -0.15) is 0 Å². The van der Waals surface area contributed by atoms with Gasteiger partial charge in [-0.15, -0.1) is 0 Å². The van der Waals surface area contributed by atoms with Gasteiger partial charge >= 0.3 is 0 Å². The fraction of sp³-hybridized carbons (Fsp3) is 0.280. The molecule has 1 saturated heterocycles. The van der Waals surface area contributed by atoms with Gasteiger partial charge in [-0.3, -0.25) is 23.9 Å². The third-order valence-corrected chi connectivity index (χ3v) is 6.15. The van der Waals surface area contributed by atoms with Crippen molar-refractivity contribution in [2.24, 2.45) is 5.73 Å². The maximum atomic E-state index is 13.3. The van der Waals surface area contributed by atoms with Crippen LogP contribution in [0, 0.1) is 5.82 Å². The van der Waals surface area contributed by atoms with E-state index in [1.54, 1.807) is 24.3 Å². The monoisotopic (exact) mass is 528 g/mol. The van der Waals surface area contributed by atoms with Crippen LogP contribution in [0.4, 0.5) is 10.1 Å². The van der Waals surface area contributed by atoms with E-state index in [9.17, 15) is 18.8 Å². The van der Waals surface area contributed by atoms with Crippen molar-refractivity contribution in [2.75, 3.05) is 44.7 Å². The number of morpholine rings is 1. The Morgan fingerprint density at radius 2 is 1.81 bits per heavy atom. The van der Waals surface area contributed by atoms with E-state index in [1.807, 2.05) is 0 Å². The number of primary amides is 1. The molecule has 0 radical (unpaired) electrons. The second-order valence-electron chi connectivity index (χ2n) is 8.36. The van der Waals surface area contributed by atoms with Crippen molar-refractivity contribution in [1.82, 2.24) is 19.8 Å². The summed E-state index contributed by atoms with van der Waals surface area (Å²) in [6, 6.07) is 10.0. The third-order valence-electron chi connectivity index (χ3n) is 5.84. The fourth-order valence-corrected chi connectivity index (χ4v) is 4.19. The molecule has 0 unspecified atom stereocenters. The first-order valence-electron chi connectivity index (χ1n) is 11.7. The number of imidazole rings is 1. The second-order valence-corrected chi connectivity index (χ2v) is 8.77. The highest BCUT2D eigenvalue weighted by atomic mass is 35.5. The van der Waals surface area contributed by atoms with Crippen molar-refractivity contribution in [3.05, 3.63) is 76.6 Å². The van der Waals surface area contributed by atoms with Crippen LogP contribution in [0.3, 0.4) is 0 Å². The standard InChI is InChI=1S/C25H26ClFN6O4/c26-20-14-16(27)2-7-19(20)24(35)31-17-3-5-18(6-4-17)33-15-30-21(23(28)34)22(33)25(36)29-8-1-9-32-10-12-37-13-11-32/h2-7,14-15H,1,8-13H2,(H2,28,34)(H,29,36)(H,31,35). The highest BCUT2D eigenvalue weighted by Gasteiger charge is 2.23. The number of anilines is 1. The summed E-state index contributed by atoms with van der Waals surface area (Å²) in [5, 5.41) is 5.51. The van der Waals surface area contributed by atoms with Gasteiger partial charge in [0.15, 0.2) is 5.69 Å². The number of hydrogen-bond donors (Lipinski definition) is 3. The van der Waals surface area contributed by atoms with Gasteiger partial charge in [0.25, 0.3) is 17.7 Å². The predicted molar refractivity (Wildman–Crippen MR) is 136 cm³/mol. The first kappa shape index (κ1) is 26.3. The Morgan fingerprint density at radius 1 is 1.08 bits per heavy atom. The summed E-state index contributed by atoms with van der Waals surface area (Å²) < 4.78 is 20.1. The first-order valence-corrected chi connectivity index (χ1v) is 12.0. The Hall–Kier alpha value is -3.80. The number of carbonyl (C=O) groups excluding carboxylic acids is 3. The van der Waals surface area contributed by atoms with E-state index < -0.39 is 23.5 Å². The fourth-order valence-electron chi connectivity index (χ4n) is 3.93. The average Bonchev–Trinajstić information content (AvgIpc) is 3.33. The van der Waals surface area contributed by atoms with Gasteiger partial charge in [-0.25, -0.2) is 9.37 Å². The molecular formula is C25H26ClFN6O4. The minimum absolute atomic E-state index is 0.00730. The lowest BCUT2D eigenvalue weighted by molar-refractivity contribution is 0.0374. The molecule has 2 heterocycles. The molecule has 1 fully saturated rings. The van der Waals surface area contributed by atoms with Crippen LogP contribution in [-0.4, -0.2) is 71.6 Å². The van der Waals surface area contributed by atoms with Crippen molar-refractivity contribution in [3.8, 4) is 5.69 Å². The molecule has 12 heteroatoms. The predicted octanol–water partition coefficient (Wildman–Crippen LogP) is 2.47. The molecule has 3 aromatic rings. The molecule has 37 heavy (non-hydrogen) atoms. The Balaban J connectivity index is 1.44. The summed E-state index contributed by atoms with van der Waals surface area (Å²) >= 11 is 5.96. The van der Waals surface area contributed by atoms with Crippen LogP contribution < -0.4 is 16.4 Å². The summed E-state index contributed by atoms with van der Waals surface area (Å²) in [4.78, 5) is 43.7. The molecule has 194 valence electrons. The highest BCUT2D eigenvalue weighted by Crippen LogP contribution is 2.21. The number of halogens is 2. The van der Waals surface area contributed by atoms with Gasteiger partial charge < -0.3 is 21.1 Å². The third kappa shape index (κ3) is 6.50. The minimum Gasteiger partial charge on any atom is -0.379 e. The Morgan fingerprint density at radius 3 is 2.49 bits per heavy atom. The van der Waals surface area contributed by atoms with E-state index in [4.69, 9.17) is 22.1 Å². The number of amides is 3. The molecule has 2 aromatic carbocycles. The number of nitrogens with one attached hydrogen (secondary N) is 2. The Bertz CT molecular complexity index is 1290. The summed E-state index contributed by atoms with van der Waals surface area (Å²) in [5.41, 5.74) is 6.43. The zero-order valence-corrected chi connectivity index (χ0v) is 20.6. The number of hydrogen-bond acceptors (Lipinski definition) is 6. The molecule has 4 N–H and O–H groups in total. The molecule has 1 aliphatic heterocycles. The normalized spacial score (nSPS) is 13.8. The van der Waals surface area contributed by atoms with Crippen molar-refractivity contribution in [3.63, 3.8) is 0 Å². The summed E-state index contributed by atoms with van der Waals surface area (Å²) in [6.45, 7) is 4.37. The average molecular weight is 529 g/mol. The van der Waals surface area contributed by atoms with Gasteiger partial charge in [0.1, 0.15) is 17.8 Å². The second kappa shape index (κ2) is 12.0. The van der Waals surface area contributed by atoms with Crippen LogP contribution >= 0.6 is 11.6 Å². The van der Waals surface area contributed by atoms with E-state index in [0.29, 0.717) is 31.1 Å². The summed E-state index contributed by atoms with van der Waals surface area (Å²) in [6.07, 6.45) is 2.08. The molecule has 0 spiro atoms. The lowest BCUT2D eigenvalue weighted by Gasteiger charge is -2.26. The maximum absolute atomic E-state index is 13.3. The summed E-state index contributed by atoms with van der Waals surface area (Å²) in [7, 11) is 0. The zero-order chi connectivity index (χ0) is 26.4. The van der Waals surface area contributed by atoms with Crippen molar-refractivity contribution in [1.29, 1.82) is 0 Å². The topological polar surface area (TPSA) is 132 Å². The summed E-state index contributed by atoms with van der Waals surface area (Å²) in [5.74, 6) is -2.35. The van der Waals surface area contributed by atoms with E-state index in [1.165, 1.54) is 17.0 Å². The minimum atomic E-state index is -0.822. The maximum Gasteiger partial charge on any atom is 0.270 e. The van der Waals surface area contributed by atoms with Crippen LogP contribution in [0.25, 0.3) is 5.69 Å². The molecule has 4 rings (SSSR count). The molecule has 3 amide bonds.